The summed E-state index contributed by atoms with van der Waals surface area (Å²) >= 11 is 0. The zero-order valence-corrected chi connectivity index (χ0v) is 11.4. The highest BCUT2D eigenvalue weighted by atomic mass is 16.5. The van der Waals surface area contributed by atoms with Gasteiger partial charge in [0.25, 0.3) is 0 Å². The molecular formula is C15H18N2O3. The zero-order valence-electron chi connectivity index (χ0n) is 11.4. The Morgan fingerprint density at radius 3 is 2.95 bits per heavy atom. The van der Waals surface area contributed by atoms with E-state index >= 15 is 0 Å². The van der Waals surface area contributed by atoms with Crippen molar-refractivity contribution in [2.45, 2.75) is 12.8 Å². The van der Waals surface area contributed by atoms with Gasteiger partial charge in [-0.25, -0.2) is 0 Å². The van der Waals surface area contributed by atoms with Gasteiger partial charge in [0, 0.05) is 31.3 Å². The van der Waals surface area contributed by atoms with Crippen LogP contribution in [0, 0.1) is 0 Å². The van der Waals surface area contributed by atoms with E-state index < -0.39 is 5.97 Å². The minimum absolute atomic E-state index is 0.0718. The van der Waals surface area contributed by atoms with Gasteiger partial charge < -0.3 is 15.2 Å². The molecule has 0 aliphatic carbocycles. The largest absolute Gasteiger partial charge is 0.481 e. The van der Waals surface area contributed by atoms with E-state index in [1.807, 2.05) is 30.3 Å². The number of hydrogen-bond acceptors (Lipinski definition) is 4. The number of hydrogen-bond donors (Lipinski definition) is 2. The van der Waals surface area contributed by atoms with Crippen LogP contribution in [0.15, 0.2) is 30.3 Å². The van der Waals surface area contributed by atoms with E-state index in [9.17, 15) is 4.79 Å². The smallest absolute Gasteiger partial charge is 0.309 e. The second kappa shape index (κ2) is 6.86. The molecule has 0 unspecified atom stereocenters. The maximum absolute atomic E-state index is 10.8. The van der Waals surface area contributed by atoms with Crippen molar-refractivity contribution in [3.8, 4) is 0 Å². The number of aromatic nitrogens is 1. The summed E-state index contributed by atoms with van der Waals surface area (Å²) < 4.78 is 5.01. The Balaban J connectivity index is 2.26. The van der Waals surface area contributed by atoms with E-state index in [-0.39, 0.29) is 6.42 Å². The molecule has 0 aliphatic heterocycles. The molecule has 0 aliphatic rings. The number of carbonyl (C=O) groups is 1. The van der Waals surface area contributed by atoms with Gasteiger partial charge in [-0.1, -0.05) is 18.2 Å². The van der Waals surface area contributed by atoms with Gasteiger partial charge in [-0.2, -0.15) is 0 Å². The Bertz CT molecular complexity index is 599. The lowest BCUT2D eigenvalue weighted by Crippen LogP contribution is -2.08. The number of benzene rings is 1. The van der Waals surface area contributed by atoms with Crippen LogP contribution in [0.3, 0.4) is 0 Å². The molecule has 0 amide bonds. The van der Waals surface area contributed by atoms with Gasteiger partial charge in [-0.15, -0.1) is 0 Å². The third-order valence-electron chi connectivity index (χ3n) is 2.94. The van der Waals surface area contributed by atoms with Crippen LogP contribution >= 0.6 is 0 Å². The third-order valence-corrected chi connectivity index (χ3v) is 2.94. The summed E-state index contributed by atoms with van der Waals surface area (Å²) in [7, 11) is 1.67. The van der Waals surface area contributed by atoms with Crippen LogP contribution in [0.4, 0.5) is 5.69 Å². The molecule has 0 bridgehead atoms. The van der Waals surface area contributed by atoms with Crippen LogP contribution < -0.4 is 5.32 Å². The first kappa shape index (κ1) is 14.3. The standard InChI is InChI=1S/C15H18N2O3/c1-20-8-4-7-16-14-9-11(10-15(18)19)17-13-6-3-2-5-12(13)14/h2-3,5-6,9H,4,7-8,10H2,1H3,(H,16,17)(H,18,19). The average Bonchev–Trinajstić information content (AvgIpc) is 2.42. The first-order valence-corrected chi connectivity index (χ1v) is 6.54. The maximum Gasteiger partial charge on any atom is 0.309 e. The van der Waals surface area contributed by atoms with E-state index in [4.69, 9.17) is 9.84 Å². The Morgan fingerprint density at radius 1 is 1.40 bits per heavy atom. The van der Waals surface area contributed by atoms with E-state index in [0.29, 0.717) is 12.3 Å². The Kier molecular flexibility index (Phi) is 4.90. The van der Waals surface area contributed by atoms with Gasteiger partial charge in [0.15, 0.2) is 0 Å². The molecular weight excluding hydrogens is 256 g/mol. The predicted molar refractivity (Wildman–Crippen MR) is 78.1 cm³/mol. The van der Waals surface area contributed by atoms with E-state index in [1.165, 1.54) is 0 Å². The number of pyridine rings is 1. The quantitative estimate of drug-likeness (QED) is 0.758. The van der Waals surface area contributed by atoms with Crippen LogP contribution in [-0.4, -0.2) is 36.3 Å². The predicted octanol–water partition coefficient (Wildman–Crippen LogP) is 2.31. The molecule has 1 aromatic heterocycles. The average molecular weight is 274 g/mol. The van der Waals surface area contributed by atoms with E-state index in [1.54, 1.807) is 7.11 Å². The van der Waals surface area contributed by atoms with Crippen molar-refractivity contribution in [2.75, 3.05) is 25.6 Å². The summed E-state index contributed by atoms with van der Waals surface area (Å²) in [4.78, 5) is 15.2. The molecule has 2 aromatic rings. The molecule has 1 heterocycles. The van der Waals surface area contributed by atoms with Crippen molar-refractivity contribution in [1.82, 2.24) is 4.98 Å². The lowest BCUT2D eigenvalue weighted by Gasteiger charge is -2.11. The van der Waals surface area contributed by atoms with Gasteiger partial charge in [-0.05, 0) is 18.6 Å². The Morgan fingerprint density at radius 2 is 2.20 bits per heavy atom. The van der Waals surface area contributed by atoms with Crippen LogP contribution in [-0.2, 0) is 16.0 Å². The number of nitrogens with one attached hydrogen (secondary N) is 1. The highest BCUT2D eigenvalue weighted by Gasteiger charge is 2.08. The number of anilines is 1. The first-order chi connectivity index (χ1) is 9.70. The molecule has 5 heteroatoms. The summed E-state index contributed by atoms with van der Waals surface area (Å²) in [5.41, 5.74) is 2.29. The van der Waals surface area contributed by atoms with Crippen LogP contribution in [0.1, 0.15) is 12.1 Å². The van der Waals surface area contributed by atoms with E-state index in [0.717, 1.165) is 29.6 Å². The summed E-state index contributed by atoms with van der Waals surface area (Å²) in [5, 5.41) is 13.2. The molecule has 2 N–H and O–H groups in total. The van der Waals surface area contributed by atoms with Crippen molar-refractivity contribution >= 4 is 22.6 Å². The lowest BCUT2D eigenvalue weighted by molar-refractivity contribution is -0.136. The number of aliphatic carboxylic acids is 1. The Labute approximate surface area is 117 Å². The van der Waals surface area contributed by atoms with Crippen LogP contribution in [0.2, 0.25) is 0 Å². The molecule has 0 saturated carbocycles. The maximum atomic E-state index is 10.8. The van der Waals surface area contributed by atoms with Crippen LogP contribution in [0.25, 0.3) is 10.9 Å². The lowest BCUT2D eigenvalue weighted by atomic mass is 10.1. The number of ether oxygens (including phenoxy) is 1. The van der Waals surface area contributed by atoms with Crippen molar-refractivity contribution in [1.29, 1.82) is 0 Å². The summed E-state index contributed by atoms with van der Waals surface area (Å²) in [6.45, 7) is 1.46. The zero-order chi connectivity index (χ0) is 14.4. The topological polar surface area (TPSA) is 71.5 Å². The minimum Gasteiger partial charge on any atom is -0.481 e. The normalized spacial score (nSPS) is 10.7. The molecule has 0 radical (unpaired) electrons. The van der Waals surface area contributed by atoms with E-state index in [2.05, 4.69) is 10.3 Å². The minimum atomic E-state index is -0.877. The Hall–Kier alpha value is -2.14. The summed E-state index contributed by atoms with van der Waals surface area (Å²) in [6, 6.07) is 9.52. The van der Waals surface area contributed by atoms with Gasteiger partial charge >= 0.3 is 5.97 Å². The highest BCUT2D eigenvalue weighted by Crippen LogP contribution is 2.23. The molecule has 0 atom stereocenters. The number of methoxy groups -OCH3 is 1. The number of nitrogens with zero attached hydrogens (tertiary/aromatic N) is 1. The van der Waals surface area contributed by atoms with Gasteiger partial charge in [0.05, 0.1) is 17.6 Å². The molecule has 106 valence electrons. The van der Waals surface area contributed by atoms with Crippen molar-refractivity contribution < 1.29 is 14.6 Å². The summed E-state index contributed by atoms with van der Waals surface area (Å²) in [6.07, 6.45) is 0.818. The highest BCUT2D eigenvalue weighted by molar-refractivity contribution is 5.91. The molecule has 1 aromatic carbocycles. The number of carboxylic acids is 1. The van der Waals surface area contributed by atoms with Crippen molar-refractivity contribution in [2.24, 2.45) is 0 Å². The summed E-state index contributed by atoms with van der Waals surface area (Å²) in [5.74, 6) is -0.877. The van der Waals surface area contributed by atoms with Crippen molar-refractivity contribution in [3.05, 3.63) is 36.0 Å². The van der Waals surface area contributed by atoms with Crippen molar-refractivity contribution in [3.63, 3.8) is 0 Å². The molecule has 20 heavy (non-hydrogen) atoms. The molecule has 5 nitrogen and oxygen atoms in total. The fraction of sp³-hybridized carbons (Fsp3) is 0.333. The fourth-order valence-corrected chi connectivity index (χ4v) is 2.06. The second-order valence-corrected chi connectivity index (χ2v) is 4.52. The van der Waals surface area contributed by atoms with Gasteiger partial charge in [0.2, 0.25) is 0 Å². The van der Waals surface area contributed by atoms with Crippen LogP contribution in [0.5, 0.6) is 0 Å². The first-order valence-electron chi connectivity index (χ1n) is 6.54. The SMILES string of the molecule is COCCCNc1cc(CC(=O)O)nc2ccccc12. The number of para-hydroxylation sites is 1. The monoisotopic (exact) mass is 274 g/mol. The molecule has 0 spiro atoms. The number of rotatable bonds is 7. The number of fused-ring (bicyclic) bond motifs is 1. The second-order valence-electron chi connectivity index (χ2n) is 4.52. The molecule has 2 rings (SSSR count). The van der Waals surface area contributed by atoms with Gasteiger partial charge in [-0.3, -0.25) is 9.78 Å². The molecule has 0 fully saturated rings. The number of carboxylic acid groups (broad SMARTS) is 1. The molecule has 0 saturated heterocycles. The fourth-order valence-electron chi connectivity index (χ4n) is 2.06. The van der Waals surface area contributed by atoms with Gasteiger partial charge in [0.1, 0.15) is 0 Å². The third kappa shape index (κ3) is 3.68.